The second kappa shape index (κ2) is 9.67. The smallest absolute Gasteiger partial charge is 0.348 e. The van der Waals surface area contributed by atoms with Gasteiger partial charge in [-0.1, -0.05) is 30.3 Å². The predicted octanol–water partition coefficient (Wildman–Crippen LogP) is 5.27. The summed E-state index contributed by atoms with van der Waals surface area (Å²) in [5, 5.41) is 10.1. The summed E-state index contributed by atoms with van der Waals surface area (Å²) < 4.78 is 32.0. The highest BCUT2D eigenvalue weighted by atomic mass is 35.5. The first kappa shape index (κ1) is 23.3. The third-order valence-corrected chi connectivity index (χ3v) is 8.19. The normalized spacial score (nSPS) is 11.0. The van der Waals surface area contributed by atoms with Crippen LogP contribution in [0.1, 0.15) is 16.6 Å². The monoisotopic (exact) mass is 470 g/mol. The van der Waals surface area contributed by atoms with Gasteiger partial charge in [0.2, 0.25) is 9.84 Å². The topological polar surface area (TPSA) is 80.7 Å². The lowest BCUT2D eigenvalue weighted by atomic mass is 10.1. The molecule has 0 unspecified atom stereocenters. The molecule has 0 atom stereocenters. The van der Waals surface area contributed by atoms with Crippen molar-refractivity contribution in [2.24, 2.45) is 0 Å². The van der Waals surface area contributed by atoms with E-state index < -0.39 is 15.8 Å². The van der Waals surface area contributed by atoms with Crippen molar-refractivity contribution in [1.82, 2.24) is 0 Å². The Morgan fingerprint density at radius 3 is 2.41 bits per heavy atom. The van der Waals surface area contributed by atoms with E-state index in [9.17, 15) is 18.3 Å². The Bertz CT molecular complexity index is 1110. The number of thioether (sulfide) groups is 1. The van der Waals surface area contributed by atoms with Gasteiger partial charge >= 0.3 is 5.97 Å². The Hall–Kier alpha value is -2.00. The van der Waals surface area contributed by atoms with Crippen LogP contribution in [-0.2, 0) is 14.6 Å². The summed E-state index contributed by atoms with van der Waals surface area (Å²) in [4.78, 5) is 12.3. The molecule has 0 aliphatic rings. The molecule has 9 heteroatoms. The zero-order valence-electron chi connectivity index (χ0n) is 15.6. The van der Waals surface area contributed by atoms with Crippen LogP contribution in [0.4, 0.5) is 0 Å². The quantitative estimate of drug-likeness (QED) is 0.390. The molecule has 1 N–H and O–H groups in total. The summed E-state index contributed by atoms with van der Waals surface area (Å²) in [6, 6.07) is 14.8. The zero-order chi connectivity index (χ0) is 20.3. The van der Waals surface area contributed by atoms with E-state index in [0.29, 0.717) is 9.77 Å². The Labute approximate surface area is 184 Å². The Kier molecular flexibility index (Phi) is 7.76. The van der Waals surface area contributed by atoms with Crippen molar-refractivity contribution in [3.8, 4) is 16.9 Å². The third-order valence-electron chi connectivity index (χ3n) is 3.93. The van der Waals surface area contributed by atoms with Crippen molar-refractivity contribution < 1.29 is 23.1 Å². The zero-order valence-corrected chi connectivity index (χ0v) is 18.9. The summed E-state index contributed by atoms with van der Waals surface area (Å²) in [5.74, 6) is -0.698. The number of phenolic OH excluding ortho intramolecular Hbond substituents is 1. The van der Waals surface area contributed by atoms with E-state index in [1.165, 1.54) is 36.0 Å². The van der Waals surface area contributed by atoms with Gasteiger partial charge in [-0.3, -0.25) is 0 Å². The van der Waals surface area contributed by atoms with Crippen LogP contribution in [0.25, 0.3) is 11.1 Å². The molecule has 0 fully saturated rings. The minimum atomic E-state index is -3.94. The van der Waals surface area contributed by atoms with Crippen LogP contribution in [0.2, 0.25) is 0 Å². The van der Waals surface area contributed by atoms with Crippen LogP contribution in [0.15, 0.2) is 68.6 Å². The summed E-state index contributed by atoms with van der Waals surface area (Å²) in [6.07, 6.45) is 1.75. The molecule has 29 heavy (non-hydrogen) atoms. The van der Waals surface area contributed by atoms with Gasteiger partial charge in [-0.15, -0.1) is 35.5 Å². The van der Waals surface area contributed by atoms with Crippen LogP contribution in [0.5, 0.6) is 5.75 Å². The van der Waals surface area contributed by atoms with Gasteiger partial charge in [0.15, 0.2) is 0 Å². The summed E-state index contributed by atoms with van der Waals surface area (Å²) in [7, 11) is -3.94. The summed E-state index contributed by atoms with van der Waals surface area (Å²) in [6.45, 7) is 1.90. The number of benzene rings is 2. The SMILES string of the molecule is CCOC(=O)c1cc(S(=O)(=O)c2cc(O)cc(-c3ccccc3)c2)c(SC)s1.Cl. The van der Waals surface area contributed by atoms with E-state index in [-0.39, 0.29) is 39.4 Å². The standard InChI is InChI=1S/C20H18O5S3.ClH/c1-3-25-19(22)17-12-18(20(26-2)27-17)28(23,24)16-10-14(9-15(21)11-16)13-7-5-4-6-8-13;/h4-12,21H,3H2,1-2H3;1H. The maximum atomic E-state index is 13.3. The Balaban J connectivity index is 0.00000300. The lowest BCUT2D eigenvalue weighted by Crippen LogP contribution is -2.04. The fraction of sp³-hybridized carbons (Fsp3) is 0.150. The van der Waals surface area contributed by atoms with Crippen LogP contribution >= 0.6 is 35.5 Å². The van der Waals surface area contributed by atoms with E-state index >= 15 is 0 Å². The highest BCUT2D eigenvalue weighted by molar-refractivity contribution is 8.01. The van der Waals surface area contributed by atoms with Crippen molar-refractivity contribution in [3.05, 3.63) is 59.5 Å². The number of rotatable bonds is 6. The van der Waals surface area contributed by atoms with Gasteiger partial charge in [-0.25, -0.2) is 13.2 Å². The molecule has 0 spiro atoms. The van der Waals surface area contributed by atoms with Gasteiger partial charge in [0, 0.05) is 0 Å². The van der Waals surface area contributed by atoms with Crippen LogP contribution in [-0.4, -0.2) is 32.4 Å². The van der Waals surface area contributed by atoms with Crippen molar-refractivity contribution in [1.29, 1.82) is 0 Å². The Morgan fingerprint density at radius 1 is 1.10 bits per heavy atom. The molecule has 0 saturated heterocycles. The molecule has 0 amide bonds. The minimum Gasteiger partial charge on any atom is -0.508 e. The molecule has 3 rings (SSSR count). The highest BCUT2D eigenvalue weighted by Gasteiger charge is 2.27. The van der Waals surface area contributed by atoms with Gasteiger partial charge in [0.1, 0.15) is 10.6 Å². The van der Waals surface area contributed by atoms with E-state index in [4.69, 9.17) is 4.74 Å². The second-order valence-electron chi connectivity index (χ2n) is 5.77. The predicted molar refractivity (Wildman–Crippen MR) is 118 cm³/mol. The van der Waals surface area contributed by atoms with Crippen molar-refractivity contribution >= 4 is 51.3 Å². The molecular formula is C20H19ClO5S3. The average molecular weight is 471 g/mol. The first-order valence-electron chi connectivity index (χ1n) is 8.36. The number of carbonyl (C=O) groups is 1. The van der Waals surface area contributed by atoms with Crippen LogP contribution in [0.3, 0.4) is 0 Å². The van der Waals surface area contributed by atoms with Crippen molar-refractivity contribution in [2.45, 2.75) is 20.9 Å². The number of hydrogen-bond acceptors (Lipinski definition) is 7. The van der Waals surface area contributed by atoms with Gasteiger partial charge in [-0.2, -0.15) is 0 Å². The number of sulfone groups is 1. The molecule has 5 nitrogen and oxygen atoms in total. The molecule has 0 aliphatic carbocycles. The second-order valence-corrected chi connectivity index (χ2v) is 9.82. The van der Waals surface area contributed by atoms with Crippen LogP contribution in [0, 0.1) is 0 Å². The molecular weight excluding hydrogens is 452 g/mol. The average Bonchev–Trinajstić information content (AvgIpc) is 3.14. The molecule has 0 saturated carbocycles. The number of ether oxygens (including phenoxy) is 1. The molecule has 2 aromatic carbocycles. The Morgan fingerprint density at radius 2 is 1.79 bits per heavy atom. The van der Waals surface area contributed by atoms with Crippen LogP contribution < -0.4 is 0 Å². The first-order chi connectivity index (χ1) is 13.4. The van der Waals surface area contributed by atoms with E-state index in [1.807, 2.05) is 30.3 Å². The maximum Gasteiger partial charge on any atom is 0.348 e. The first-order valence-corrected chi connectivity index (χ1v) is 11.9. The summed E-state index contributed by atoms with van der Waals surface area (Å²) >= 11 is 2.33. The highest BCUT2D eigenvalue weighted by Crippen LogP contribution is 2.39. The number of carbonyl (C=O) groups excluding carboxylic acids is 1. The number of aromatic hydroxyl groups is 1. The number of halogens is 1. The van der Waals surface area contributed by atoms with Crippen molar-refractivity contribution in [2.75, 3.05) is 12.9 Å². The number of esters is 1. The van der Waals surface area contributed by atoms with Crippen molar-refractivity contribution in [3.63, 3.8) is 0 Å². The van der Waals surface area contributed by atoms with Gasteiger partial charge in [0.05, 0.1) is 20.6 Å². The van der Waals surface area contributed by atoms with Gasteiger partial charge in [-0.05, 0) is 48.6 Å². The summed E-state index contributed by atoms with van der Waals surface area (Å²) in [5.41, 5.74) is 1.38. The lowest BCUT2D eigenvalue weighted by Gasteiger charge is -2.09. The number of phenols is 1. The molecule has 1 aromatic heterocycles. The molecule has 3 aromatic rings. The van der Waals surface area contributed by atoms with E-state index in [1.54, 1.807) is 13.2 Å². The molecule has 0 aliphatic heterocycles. The number of thiophene rings is 1. The minimum absolute atomic E-state index is 0. The molecule has 0 radical (unpaired) electrons. The fourth-order valence-electron chi connectivity index (χ4n) is 2.65. The van der Waals surface area contributed by atoms with Gasteiger partial charge < -0.3 is 9.84 Å². The van der Waals surface area contributed by atoms with Gasteiger partial charge in [0.25, 0.3) is 0 Å². The third kappa shape index (κ3) is 4.95. The fourth-order valence-corrected chi connectivity index (χ4v) is 6.61. The van der Waals surface area contributed by atoms with E-state index in [2.05, 4.69) is 0 Å². The van der Waals surface area contributed by atoms with E-state index in [0.717, 1.165) is 16.9 Å². The number of hydrogen-bond donors (Lipinski definition) is 1. The largest absolute Gasteiger partial charge is 0.508 e. The molecule has 154 valence electrons. The maximum absolute atomic E-state index is 13.3. The molecule has 0 bridgehead atoms. The molecule has 1 heterocycles. The lowest BCUT2D eigenvalue weighted by molar-refractivity contribution is 0.0532.